The first kappa shape index (κ1) is 18.1. The molecule has 4 rings (SSSR count). The first-order chi connectivity index (χ1) is 13.7. The number of para-hydroxylation sites is 1. The van der Waals surface area contributed by atoms with Gasteiger partial charge in [-0.2, -0.15) is 0 Å². The number of amides is 1. The summed E-state index contributed by atoms with van der Waals surface area (Å²) >= 11 is 0. The van der Waals surface area contributed by atoms with E-state index >= 15 is 0 Å². The highest BCUT2D eigenvalue weighted by molar-refractivity contribution is 5.95. The van der Waals surface area contributed by atoms with Gasteiger partial charge < -0.3 is 10.1 Å². The number of benzene rings is 1. The van der Waals surface area contributed by atoms with E-state index in [2.05, 4.69) is 26.3 Å². The van der Waals surface area contributed by atoms with Gasteiger partial charge in [0.25, 0.3) is 5.91 Å². The molecular weight excluding hydrogens is 352 g/mol. The summed E-state index contributed by atoms with van der Waals surface area (Å²) < 4.78 is 5.81. The predicted molar refractivity (Wildman–Crippen MR) is 106 cm³/mol. The molecule has 1 atom stereocenters. The van der Waals surface area contributed by atoms with Crippen LogP contribution in [-0.2, 0) is 6.42 Å². The van der Waals surface area contributed by atoms with Crippen LogP contribution in [0.5, 0.6) is 5.75 Å². The Bertz CT molecular complexity index is 975. The molecule has 0 unspecified atom stereocenters. The second-order valence-corrected chi connectivity index (χ2v) is 6.96. The van der Waals surface area contributed by atoms with Crippen molar-refractivity contribution in [2.24, 2.45) is 5.92 Å². The zero-order valence-corrected chi connectivity index (χ0v) is 15.8. The first-order valence-corrected chi connectivity index (χ1v) is 9.43. The van der Waals surface area contributed by atoms with Crippen LogP contribution in [0.25, 0.3) is 11.4 Å². The zero-order valence-electron chi connectivity index (χ0n) is 15.8. The molecule has 0 saturated heterocycles. The lowest BCUT2D eigenvalue weighted by molar-refractivity contribution is 0.0944. The van der Waals surface area contributed by atoms with E-state index in [1.165, 1.54) is 5.56 Å². The van der Waals surface area contributed by atoms with Crippen LogP contribution in [0.2, 0.25) is 0 Å². The molecule has 2 aromatic heterocycles. The van der Waals surface area contributed by atoms with Crippen molar-refractivity contribution in [2.45, 2.75) is 19.8 Å². The van der Waals surface area contributed by atoms with Gasteiger partial charge in [-0.3, -0.25) is 9.78 Å². The monoisotopic (exact) mass is 374 g/mol. The third kappa shape index (κ3) is 4.01. The molecule has 1 amide bonds. The van der Waals surface area contributed by atoms with Gasteiger partial charge in [-0.1, -0.05) is 18.2 Å². The van der Waals surface area contributed by atoms with Crippen molar-refractivity contribution < 1.29 is 9.53 Å². The number of ether oxygens (including phenoxy) is 1. The van der Waals surface area contributed by atoms with E-state index in [9.17, 15) is 4.79 Å². The van der Waals surface area contributed by atoms with Crippen LogP contribution in [0, 0.1) is 12.8 Å². The third-order valence-corrected chi connectivity index (χ3v) is 4.96. The number of nitrogens with one attached hydrogen (secondary N) is 1. The maximum absolute atomic E-state index is 12.7. The molecule has 0 fully saturated rings. The molecule has 3 aromatic rings. The third-order valence-electron chi connectivity index (χ3n) is 4.96. The number of rotatable bonds is 4. The Morgan fingerprint density at radius 2 is 2.11 bits per heavy atom. The van der Waals surface area contributed by atoms with Crippen LogP contribution < -0.4 is 10.1 Å². The molecule has 6 heteroatoms. The van der Waals surface area contributed by atoms with E-state index in [0.717, 1.165) is 24.2 Å². The largest absolute Gasteiger partial charge is 0.493 e. The molecule has 1 aliphatic rings. The Morgan fingerprint density at radius 3 is 2.93 bits per heavy atom. The molecule has 1 aliphatic heterocycles. The fourth-order valence-electron chi connectivity index (χ4n) is 3.39. The number of hydrogen-bond acceptors (Lipinski definition) is 5. The molecule has 1 N–H and O–H groups in total. The number of carbonyl (C=O) groups excluding carboxylic acids is 1. The number of hydrogen-bond donors (Lipinski definition) is 1. The minimum atomic E-state index is -0.145. The SMILES string of the molecule is Cc1nc(-c2cccnc2)ncc1C(=O)NC[C@@H]1CCOc2ccccc2C1. The van der Waals surface area contributed by atoms with Crippen molar-refractivity contribution in [3.63, 3.8) is 0 Å². The quantitative estimate of drug-likeness (QED) is 0.759. The van der Waals surface area contributed by atoms with Gasteiger partial charge in [-0.15, -0.1) is 0 Å². The van der Waals surface area contributed by atoms with E-state index in [1.807, 2.05) is 37.3 Å². The average molecular weight is 374 g/mol. The first-order valence-electron chi connectivity index (χ1n) is 9.43. The second-order valence-electron chi connectivity index (χ2n) is 6.96. The Hall–Kier alpha value is -3.28. The standard InChI is InChI=1S/C22H22N4O2/c1-15-19(14-24-21(26-15)18-6-4-9-23-13-18)22(27)25-12-16-8-10-28-20-7-3-2-5-17(20)11-16/h2-7,9,13-14,16H,8,10-12H2,1H3,(H,25,27)/t16-/m1/s1. The molecule has 0 bridgehead atoms. The Balaban J connectivity index is 1.41. The molecule has 142 valence electrons. The molecule has 0 spiro atoms. The summed E-state index contributed by atoms with van der Waals surface area (Å²) in [5, 5.41) is 3.04. The highest BCUT2D eigenvalue weighted by atomic mass is 16.5. The number of aromatic nitrogens is 3. The van der Waals surface area contributed by atoms with E-state index in [-0.39, 0.29) is 5.91 Å². The summed E-state index contributed by atoms with van der Waals surface area (Å²) in [7, 11) is 0. The number of fused-ring (bicyclic) bond motifs is 1. The predicted octanol–water partition coefficient (Wildman–Crippen LogP) is 3.22. The minimum absolute atomic E-state index is 0.145. The second kappa shape index (κ2) is 8.17. The van der Waals surface area contributed by atoms with Crippen molar-refractivity contribution >= 4 is 5.91 Å². The molecule has 6 nitrogen and oxygen atoms in total. The summed E-state index contributed by atoms with van der Waals surface area (Å²) in [6.07, 6.45) is 6.80. The van der Waals surface area contributed by atoms with Gasteiger partial charge in [0.2, 0.25) is 0 Å². The lowest BCUT2D eigenvalue weighted by atomic mass is 9.97. The normalized spacial score (nSPS) is 15.8. The van der Waals surface area contributed by atoms with Gasteiger partial charge in [0.05, 0.1) is 17.9 Å². The Labute approximate surface area is 164 Å². The molecule has 0 aliphatic carbocycles. The van der Waals surface area contributed by atoms with E-state index in [4.69, 9.17) is 4.74 Å². The Kier molecular flexibility index (Phi) is 5.28. The van der Waals surface area contributed by atoms with Gasteiger partial charge in [0, 0.05) is 30.7 Å². The smallest absolute Gasteiger partial charge is 0.254 e. The van der Waals surface area contributed by atoms with E-state index in [0.29, 0.717) is 36.2 Å². The summed E-state index contributed by atoms with van der Waals surface area (Å²) in [5.41, 5.74) is 3.17. The van der Waals surface area contributed by atoms with Crippen LogP contribution in [0.1, 0.15) is 28.0 Å². The number of carbonyl (C=O) groups is 1. The molecule has 28 heavy (non-hydrogen) atoms. The number of nitrogens with zero attached hydrogens (tertiary/aromatic N) is 3. The van der Waals surface area contributed by atoms with Crippen LogP contribution in [-0.4, -0.2) is 34.0 Å². The maximum Gasteiger partial charge on any atom is 0.254 e. The van der Waals surface area contributed by atoms with Gasteiger partial charge in [-0.05, 0) is 49.4 Å². The van der Waals surface area contributed by atoms with Crippen LogP contribution in [0.15, 0.2) is 55.0 Å². The van der Waals surface area contributed by atoms with Crippen LogP contribution in [0.3, 0.4) is 0 Å². The van der Waals surface area contributed by atoms with Crippen molar-refractivity contribution in [1.82, 2.24) is 20.3 Å². The maximum atomic E-state index is 12.7. The van der Waals surface area contributed by atoms with Gasteiger partial charge >= 0.3 is 0 Å². The fourth-order valence-corrected chi connectivity index (χ4v) is 3.39. The Morgan fingerprint density at radius 1 is 1.21 bits per heavy atom. The summed E-state index contributed by atoms with van der Waals surface area (Å²) in [6, 6.07) is 11.8. The van der Waals surface area contributed by atoms with Gasteiger partial charge in [0.15, 0.2) is 5.82 Å². The average Bonchev–Trinajstić information content (AvgIpc) is 2.94. The minimum Gasteiger partial charge on any atom is -0.493 e. The topological polar surface area (TPSA) is 77.0 Å². The highest BCUT2D eigenvalue weighted by Gasteiger charge is 2.19. The van der Waals surface area contributed by atoms with Crippen molar-refractivity contribution in [2.75, 3.05) is 13.2 Å². The van der Waals surface area contributed by atoms with E-state index < -0.39 is 0 Å². The molecule has 0 saturated carbocycles. The van der Waals surface area contributed by atoms with Crippen molar-refractivity contribution in [1.29, 1.82) is 0 Å². The number of aryl methyl sites for hydroxylation is 1. The zero-order chi connectivity index (χ0) is 19.3. The molecule has 0 radical (unpaired) electrons. The molecular formula is C22H22N4O2. The van der Waals surface area contributed by atoms with Gasteiger partial charge in [-0.25, -0.2) is 9.97 Å². The van der Waals surface area contributed by atoms with Crippen LogP contribution >= 0.6 is 0 Å². The summed E-state index contributed by atoms with van der Waals surface area (Å²) in [6.45, 7) is 3.09. The molecule has 1 aromatic carbocycles. The lowest BCUT2D eigenvalue weighted by Crippen LogP contribution is -2.31. The summed E-state index contributed by atoms with van der Waals surface area (Å²) in [4.78, 5) is 25.5. The van der Waals surface area contributed by atoms with Crippen LogP contribution in [0.4, 0.5) is 0 Å². The van der Waals surface area contributed by atoms with E-state index in [1.54, 1.807) is 18.6 Å². The number of pyridine rings is 1. The highest BCUT2D eigenvalue weighted by Crippen LogP contribution is 2.26. The molecule has 3 heterocycles. The van der Waals surface area contributed by atoms with Crippen molar-refractivity contribution in [3.8, 4) is 17.1 Å². The van der Waals surface area contributed by atoms with Gasteiger partial charge in [0.1, 0.15) is 5.75 Å². The fraction of sp³-hybridized carbons (Fsp3) is 0.273. The summed E-state index contributed by atoms with van der Waals surface area (Å²) in [5.74, 6) is 1.71. The lowest BCUT2D eigenvalue weighted by Gasteiger charge is -2.15. The van der Waals surface area contributed by atoms with Crippen molar-refractivity contribution in [3.05, 3.63) is 71.8 Å².